The van der Waals surface area contributed by atoms with Crippen molar-refractivity contribution in [2.45, 2.75) is 58.1 Å². The Bertz CT molecular complexity index is 643. The molecule has 1 amide bonds. The highest BCUT2D eigenvalue weighted by atomic mass is 79.9. The Kier molecular flexibility index (Phi) is 5.02. The largest absolute Gasteiger partial charge is 0.444 e. The summed E-state index contributed by atoms with van der Waals surface area (Å²) in [6.45, 7) is 7.15. The molecule has 1 aliphatic carbocycles. The van der Waals surface area contributed by atoms with Crippen LogP contribution >= 0.6 is 15.9 Å². The number of likely N-dealkylation sites (tertiary alicyclic amines) is 1. The summed E-state index contributed by atoms with van der Waals surface area (Å²) in [6.07, 6.45) is 3.83. The van der Waals surface area contributed by atoms with Crippen molar-refractivity contribution in [3.05, 3.63) is 28.5 Å². The monoisotopic (exact) mass is 412 g/mol. The lowest BCUT2D eigenvalue weighted by molar-refractivity contribution is -0.00863. The highest BCUT2D eigenvalue weighted by Crippen LogP contribution is 2.50. The number of benzene rings is 1. The molecule has 1 aromatic carbocycles. The molecule has 1 N–H and O–H groups in total. The molecule has 2 aliphatic rings. The van der Waals surface area contributed by atoms with Gasteiger partial charge < -0.3 is 15.0 Å². The van der Waals surface area contributed by atoms with Crippen LogP contribution < -0.4 is 5.32 Å². The molecule has 3 rings (SSSR count). The van der Waals surface area contributed by atoms with E-state index in [2.05, 4.69) is 21.2 Å². The van der Waals surface area contributed by atoms with Crippen molar-refractivity contribution in [2.75, 3.05) is 18.4 Å². The first-order chi connectivity index (χ1) is 11.7. The van der Waals surface area contributed by atoms with Crippen molar-refractivity contribution in [3.63, 3.8) is 0 Å². The summed E-state index contributed by atoms with van der Waals surface area (Å²) < 4.78 is 20.0. The van der Waals surface area contributed by atoms with Gasteiger partial charge in [-0.2, -0.15) is 0 Å². The minimum absolute atomic E-state index is 0.215. The zero-order valence-corrected chi connectivity index (χ0v) is 16.7. The fourth-order valence-electron chi connectivity index (χ4n) is 3.82. The number of anilines is 1. The molecule has 0 radical (unpaired) electrons. The molecule has 4 nitrogen and oxygen atoms in total. The van der Waals surface area contributed by atoms with Gasteiger partial charge in [0, 0.05) is 19.1 Å². The number of amides is 1. The standard InChI is InChI=1S/C19H26BrFN2O2/c1-18(2,3)25-17(24)23-9-7-19(8-10-23)11-13(12-19)22-15-6-4-5-14(20)16(15)21/h4-6,13,22H,7-12H2,1-3H3. The molecule has 1 spiro atoms. The number of nitrogens with one attached hydrogen (secondary N) is 1. The maximum atomic E-state index is 14.1. The quantitative estimate of drug-likeness (QED) is 0.727. The molecule has 2 fully saturated rings. The molecule has 1 aromatic rings. The first kappa shape index (κ1) is 18.5. The predicted octanol–water partition coefficient (Wildman–Crippen LogP) is 5.18. The van der Waals surface area contributed by atoms with Gasteiger partial charge in [0.05, 0.1) is 10.2 Å². The van der Waals surface area contributed by atoms with E-state index in [4.69, 9.17) is 4.74 Å². The average Bonchev–Trinajstić information content (AvgIpc) is 2.49. The summed E-state index contributed by atoms with van der Waals surface area (Å²) in [5, 5.41) is 3.31. The molecule has 6 heteroatoms. The predicted molar refractivity (Wildman–Crippen MR) is 100 cm³/mol. The third-order valence-corrected chi connectivity index (χ3v) is 5.76. The highest BCUT2D eigenvalue weighted by molar-refractivity contribution is 9.10. The lowest BCUT2D eigenvalue weighted by Gasteiger charge is -2.52. The van der Waals surface area contributed by atoms with Crippen LogP contribution in [0.15, 0.2) is 22.7 Å². The minimum Gasteiger partial charge on any atom is -0.444 e. The Hall–Kier alpha value is -1.30. The van der Waals surface area contributed by atoms with Crippen molar-refractivity contribution in [3.8, 4) is 0 Å². The van der Waals surface area contributed by atoms with Gasteiger partial charge in [0.1, 0.15) is 5.60 Å². The van der Waals surface area contributed by atoms with Crippen LogP contribution in [0.25, 0.3) is 0 Å². The van der Waals surface area contributed by atoms with E-state index in [1.807, 2.05) is 31.7 Å². The maximum absolute atomic E-state index is 14.1. The summed E-state index contributed by atoms with van der Waals surface area (Å²) >= 11 is 3.22. The van der Waals surface area contributed by atoms with Crippen molar-refractivity contribution in [1.29, 1.82) is 0 Å². The number of halogens is 2. The molecular formula is C19H26BrFN2O2. The lowest BCUT2D eigenvalue weighted by Crippen LogP contribution is -2.53. The highest BCUT2D eigenvalue weighted by Gasteiger charge is 2.46. The Labute approximate surface area is 157 Å². The van der Waals surface area contributed by atoms with E-state index in [-0.39, 0.29) is 11.9 Å². The number of nitrogens with zero attached hydrogens (tertiary/aromatic N) is 1. The third-order valence-electron chi connectivity index (χ3n) is 5.15. The Morgan fingerprint density at radius 2 is 1.96 bits per heavy atom. The van der Waals surface area contributed by atoms with Gasteiger partial charge in [0.25, 0.3) is 0 Å². The number of rotatable bonds is 2. The molecular weight excluding hydrogens is 387 g/mol. The van der Waals surface area contributed by atoms with Crippen LogP contribution in [0.3, 0.4) is 0 Å². The number of hydrogen-bond acceptors (Lipinski definition) is 3. The van der Waals surface area contributed by atoms with Gasteiger partial charge in [-0.05, 0) is 79.9 Å². The van der Waals surface area contributed by atoms with Gasteiger partial charge in [-0.15, -0.1) is 0 Å². The van der Waals surface area contributed by atoms with Crippen LogP contribution in [0.1, 0.15) is 46.5 Å². The zero-order chi connectivity index (χ0) is 18.2. The van der Waals surface area contributed by atoms with Gasteiger partial charge in [-0.25, -0.2) is 9.18 Å². The number of carbonyl (C=O) groups excluding carboxylic acids is 1. The van der Waals surface area contributed by atoms with Gasteiger partial charge in [0.15, 0.2) is 5.82 Å². The summed E-state index contributed by atoms with van der Waals surface area (Å²) in [6, 6.07) is 5.62. The second kappa shape index (κ2) is 6.78. The van der Waals surface area contributed by atoms with E-state index in [1.165, 1.54) is 0 Å². The van der Waals surface area contributed by atoms with E-state index in [9.17, 15) is 9.18 Å². The molecule has 0 aromatic heterocycles. The van der Waals surface area contributed by atoms with Crippen molar-refractivity contribution in [1.82, 2.24) is 4.90 Å². The maximum Gasteiger partial charge on any atom is 0.410 e. The second-order valence-electron chi connectivity index (χ2n) is 8.32. The average molecular weight is 413 g/mol. The summed E-state index contributed by atoms with van der Waals surface area (Å²) in [4.78, 5) is 14.0. The van der Waals surface area contributed by atoms with E-state index in [0.29, 0.717) is 21.6 Å². The molecule has 0 unspecified atom stereocenters. The van der Waals surface area contributed by atoms with E-state index in [0.717, 1.165) is 38.8 Å². The van der Waals surface area contributed by atoms with Crippen LogP contribution in [0.5, 0.6) is 0 Å². The number of hydrogen-bond donors (Lipinski definition) is 1. The topological polar surface area (TPSA) is 41.6 Å². The van der Waals surface area contributed by atoms with E-state index in [1.54, 1.807) is 12.1 Å². The molecule has 1 aliphatic heterocycles. The molecule has 1 saturated carbocycles. The van der Waals surface area contributed by atoms with Crippen LogP contribution in [0.4, 0.5) is 14.9 Å². The number of piperidine rings is 1. The molecule has 1 heterocycles. The first-order valence-corrected chi connectivity index (χ1v) is 9.65. The van der Waals surface area contributed by atoms with Gasteiger partial charge in [0.2, 0.25) is 0 Å². The third kappa shape index (κ3) is 4.27. The number of carbonyl (C=O) groups is 1. The van der Waals surface area contributed by atoms with Crippen molar-refractivity contribution in [2.24, 2.45) is 5.41 Å². The summed E-state index contributed by atoms with van der Waals surface area (Å²) in [7, 11) is 0. The Balaban J connectivity index is 1.48. The Morgan fingerprint density at radius 3 is 2.56 bits per heavy atom. The second-order valence-corrected chi connectivity index (χ2v) is 9.17. The van der Waals surface area contributed by atoms with Crippen molar-refractivity contribution < 1.29 is 13.9 Å². The first-order valence-electron chi connectivity index (χ1n) is 8.86. The lowest BCUT2D eigenvalue weighted by atomic mass is 9.60. The van der Waals surface area contributed by atoms with Gasteiger partial charge in [-0.3, -0.25) is 0 Å². The van der Waals surface area contributed by atoms with Gasteiger partial charge in [-0.1, -0.05) is 6.07 Å². The fraction of sp³-hybridized carbons (Fsp3) is 0.632. The van der Waals surface area contributed by atoms with Crippen LogP contribution in [-0.4, -0.2) is 35.7 Å². The molecule has 0 bridgehead atoms. The normalized spacial score (nSPS) is 20.3. The smallest absolute Gasteiger partial charge is 0.410 e. The van der Waals surface area contributed by atoms with Gasteiger partial charge >= 0.3 is 6.09 Å². The summed E-state index contributed by atoms with van der Waals surface area (Å²) in [5.74, 6) is -0.233. The van der Waals surface area contributed by atoms with Crippen LogP contribution in [0, 0.1) is 11.2 Å². The van der Waals surface area contributed by atoms with Crippen LogP contribution in [0.2, 0.25) is 0 Å². The minimum atomic E-state index is -0.453. The number of ether oxygens (including phenoxy) is 1. The molecule has 25 heavy (non-hydrogen) atoms. The fourth-order valence-corrected chi connectivity index (χ4v) is 4.19. The molecule has 1 saturated heterocycles. The zero-order valence-electron chi connectivity index (χ0n) is 15.1. The SMILES string of the molecule is CC(C)(C)OC(=O)N1CCC2(CC1)CC(Nc1cccc(Br)c1F)C2. The summed E-state index contributed by atoms with van der Waals surface area (Å²) in [5.41, 5.74) is 0.394. The Morgan fingerprint density at radius 1 is 1.32 bits per heavy atom. The molecule has 0 atom stereocenters. The van der Waals surface area contributed by atoms with Crippen molar-refractivity contribution >= 4 is 27.7 Å². The molecule has 138 valence electrons. The van der Waals surface area contributed by atoms with E-state index < -0.39 is 5.60 Å². The van der Waals surface area contributed by atoms with E-state index >= 15 is 0 Å². The van der Waals surface area contributed by atoms with Crippen LogP contribution in [-0.2, 0) is 4.74 Å².